The van der Waals surface area contributed by atoms with E-state index in [4.69, 9.17) is 0 Å². The molecule has 5 nitrogen and oxygen atoms in total. The Morgan fingerprint density at radius 3 is 2.59 bits per heavy atom. The number of nitrogens with zero attached hydrogens (tertiary/aromatic N) is 3. The second-order valence-corrected chi connectivity index (χ2v) is 9.85. The Labute approximate surface area is 205 Å². The maximum atomic E-state index is 13.5. The number of thiophene rings is 1. The van der Waals surface area contributed by atoms with E-state index in [1.165, 1.54) is 28.8 Å². The van der Waals surface area contributed by atoms with Crippen LogP contribution >= 0.6 is 23.1 Å². The lowest BCUT2D eigenvalue weighted by Crippen LogP contribution is -2.35. The predicted molar refractivity (Wildman–Crippen MR) is 136 cm³/mol. The summed E-state index contributed by atoms with van der Waals surface area (Å²) in [5, 5.41) is 4.49. The van der Waals surface area contributed by atoms with Gasteiger partial charge in [-0.15, -0.1) is 0 Å². The van der Waals surface area contributed by atoms with Crippen molar-refractivity contribution in [1.82, 2.24) is 4.90 Å². The molecule has 0 unspecified atom stereocenters. The standard InChI is InChI=1S/C26H22FN3O2S2/c27-20-6-8-22(9-7-20)30-25(32)23(14-18-4-2-1-3-5-18)28-26(30)34-17-24(31)29(21-10-11-21)15-19-12-13-33-16-19/h1-9,12-14,16,21H,10-11,15,17H2/b23-14-. The van der Waals surface area contributed by atoms with Crippen molar-refractivity contribution in [3.8, 4) is 0 Å². The van der Waals surface area contributed by atoms with Gasteiger partial charge < -0.3 is 4.90 Å². The van der Waals surface area contributed by atoms with Crippen LogP contribution in [0.4, 0.5) is 10.1 Å². The quantitative estimate of drug-likeness (QED) is 0.407. The zero-order valence-corrected chi connectivity index (χ0v) is 19.9. The number of rotatable bonds is 7. The number of thioether (sulfide) groups is 1. The number of carbonyl (C=O) groups excluding carboxylic acids is 2. The van der Waals surface area contributed by atoms with Gasteiger partial charge in [0.25, 0.3) is 5.91 Å². The average molecular weight is 492 g/mol. The van der Waals surface area contributed by atoms with Crippen LogP contribution in [0.2, 0.25) is 0 Å². The van der Waals surface area contributed by atoms with Crippen LogP contribution in [0, 0.1) is 5.82 Å². The number of anilines is 1. The maximum absolute atomic E-state index is 13.5. The fraction of sp³-hybridized carbons (Fsp3) is 0.192. The van der Waals surface area contributed by atoms with E-state index in [0.29, 0.717) is 17.4 Å². The third-order valence-corrected chi connectivity index (χ3v) is 7.24. The lowest BCUT2D eigenvalue weighted by atomic mass is 10.2. The van der Waals surface area contributed by atoms with Crippen LogP contribution in [-0.4, -0.2) is 33.7 Å². The number of hydrogen-bond acceptors (Lipinski definition) is 5. The van der Waals surface area contributed by atoms with Crippen LogP contribution in [0.25, 0.3) is 6.08 Å². The summed E-state index contributed by atoms with van der Waals surface area (Å²) < 4.78 is 13.5. The molecule has 1 aliphatic carbocycles. The highest BCUT2D eigenvalue weighted by atomic mass is 32.2. The molecule has 0 N–H and O–H groups in total. The summed E-state index contributed by atoms with van der Waals surface area (Å²) in [5.74, 6) is -0.496. The van der Waals surface area contributed by atoms with Crippen LogP contribution in [0.1, 0.15) is 24.0 Å². The molecule has 0 bridgehead atoms. The number of benzene rings is 2. The zero-order valence-electron chi connectivity index (χ0n) is 18.3. The van der Waals surface area contributed by atoms with Gasteiger partial charge in [-0.05, 0) is 71.1 Å². The molecule has 1 aromatic heterocycles. The molecular formula is C26H22FN3O2S2. The summed E-state index contributed by atoms with van der Waals surface area (Å²) in [7, 11) is 0. The molecule has 3 aromatic rings. The Morgan fingerprint density at radius 1 is 1.15 bits per heavy atom. The van der Waals surface area contributed by atoms with Crippen molar-refractivity contribution >= 4 is 51.8 Å². The van der Waals surface area contributed by atoms with Gasteiger partial charge in [0, 0.05) is 12.6 Å². The maximum Gasteiger partial charge on any atom is 0.283 e. The molecule has 34 heavy (non-hydrogen) atoms. The van der Waals surface area contributed by atoms with E-state index in [2.05, 4.69) is 10.4 Å². The van der Waals surface area contributed by atoms with Crippen LogP contribution in [-0.2, 0) is 16.1 Å². The van der Waals surface area contributed by atoms with E-state index in [9.17, 15) is 14.0 Å². The summed E-state index contributed by atoms with van der Waals surface area (Å²) in [4.78, 5) is 34.3. The molecule has 2 heterocycles. The summed E-state index contributed by atoms with van der Waals surface area (Å²) in [6.07, 6.45) is 3.76. The smallest absolute Gasteiger partial charge is 0.283 e. The Bertz CT molecular complexity index is 1240. The second-order valence-electron chi connectivity index (χ2n) is 8.12. The van der Waals surface area contributed by atoms with Crippen LogP contribution in [0.15, 0.2) is 82.1 Å². The molecule has 1 fully saturated rings. The Kier molecular flexibility index (Phi) is 6.60. The van der Waals surface area contributed by atoms with E-state index >= 15 is 0 Å². The minimum Gasteiger partial charge on any atom is -0.335 e. The molecule has 2 amide bonds. The fourth-order valence-electron chi connectivity index (χ4n) is 3.71. The first-order valence-electron chi connectivity index (χ1n) is 11.0. The zero-order chi connectivity index (χ0) is 23.5. The molecule has 0 atom stereocenters. The molecule has 8 heteroatoms. The molecule has 2 aliphatic rings. The first-order valence-corrected chi connectivity index (χ1v) is 12.9. The van der Waals surface area contributed by atoms with Gasteiger partial charge in [0.1, 0.15) is 11.5 Å². The molecule has 0 saturated heterocycles. The van der Waals surface area contributed by atoms with E-state index in [1.807, 2.05) is 46.7 Å². The highest BCUT2D eigenvalue weighted by Crippen LogP contribution is 2.32. The number of halogens is 1. The SMILES string of the molecule is O=C1/C(=C/c2ccccc2)N=C(SCC(=O)N(Cc2ccsc2)C2CC2)N1c1ccc(F)cc1. The van der Waals surface area contributed by atoms with Crippen molar-refractivity contribution < 1.29 is 14.0 Å². The number of carbonyl (C=O) groups is 2. The normalized spacial score (nSPS) is 16.7. The first-order chi connectivity index (χ1) is 16.6. The van der Waals surface area contributed by atoms with E-state index < -0.39 is 0 Å². The van der Waals surface area contributed by atoms with Gasteiger partial charge in [0.2, 0.25) is 5.91 Å². The van der Waals surface area contributed by atoms with Crippen LogP contribution in [0.5, 0.6) is 0 Å². The summed E-state index contributed by atoms with van der Waals surface area (Å²) in [6.45, 7) is 0.597. The van der Waals surface area contributed by atoms with Gasteiger partial charge in [0.05, 0.1) is 11.4 Å². The lowest BCUT2D eigenvalue weighted by molar-refractivity contribution is -0.129. The fourth-order valence-corrected chi connectivity index (χ4v) is 5.27. The number of hydrogen-bond donors (Lipinski definition) is 0. The number of amides is 2. The number of amidine groups is 1. The third kappa shape index (κ3) is 5.13. The van der Waals surface area contributed by atoms with Gasteiger partial charge >= 0.3 is 0 Å². The van der Waals surface area contributed by atoms with Crippen LogP contribution < -0.4 is 4.90 Å². The minimum atomic E-state index is -0.384. The third-order valence-electron chi connectivity index (χ3n) is 5.58. The van der Waals surface area contributed by atoms with Gasteiger partial charge in [-0.25, -0.2) is 9.38 Å². The van der Waals surface area contributed by atoms with Gasteiger partial charge in [0.15, 0.2) is 5.17 Å². The van der Waals surface area contributed by atoms with Crippen molar-refractivity contribution in [2.75, 3.05) is 10.7 Å². The molecule has 0 spiro atoms. The molecule has 2 aromatic carbocycles. The summed E-state index contributed by atoms with van der Waals surface area (Å²) in [6, 6.07) is 17.5. The lowest BCUT2D eigenvalue weighted by Gasteiger charge is -2.23. The van der Waals surface area contributed by atoms with E-state index in [0.717, 1.165) is 24.0 Å². The molecule has 5 rings (SSSR count). The summed E-state index contributed by atoms with van der Waals surface area (Å²) in [5.41, 5.74) is 2.78. The Balaban J connectivity index is 1.37. The second kappa shape index (κ2) is 9.95. The van der Waals surface area contributed by atoms with E-state index in [-0.39, 0.29) is 35.1 Å². The Hall–Kier alpha value is -3.23. The molecular weight excluding hydrogens is 469 g/mol. The molecule has 1 saturated carbocycles. The van der Waals surface area contributed by atoms with Crippen LogP contribution in [0.3, 0.4) is 0 Å². The molecule has 1 aliphatic heterocycles. The summed E-state index contributed by atoms with van der Waals surface area (Å²) >= 11 is 2.86. The predicted octanol–water partition coefficient (Wildman–Crippen LogP) is 5.56. The monoisotopic (exact) mass is 491 g/mol. The largest absolute Gasteiger partial charge is 0.335 e. The molecule has 172 valence electrons. The first kappa shape index (κ1) is 22.6. The number of aliphatic imine (C=N–C) groups is 1. The van der Waals surface area contributed by atoms with Gasteiger partial charge in [-0.2, -0.15) is 11.3 Å². The molecule has 0 radical (unpaired) electrons. The van der Waals surface area contributed by atoms with Crippen molar-refractivity contribution in [1.29, 1.82) is 0 Å². The topological polar surface area (TPSA) is 53.0 Å². The van der Waals surface area contributed by atoms with E-state index in [1.54, 1.807) is 29.5 Å². The van der Waals surface area contributed by atoms with Gasteiger partial charge in [-0.1, -0.05) is 42.1 Å². The highest BCUT2D eigenvalue weighted by Gasteiger charge is 2.35. The minimum absolute atomic E-state index is 0.0217. The van der Waals surface area contributed by atoms with Crippen molar-refractivity contribution in [3.63, 3.8) is 0 Å². The Morgan fingerprint density at radius 2 is 1.91 bits per heavy atom. The van der Waals surface area contributed by atoms with Crippen molar-refractivity contribution in [3.05, 3.63) is 94.1 Å². The van der Waals surface area contributed by atoms with Crippen molar-refractivity contribution in [2.45, 2.75) is 25.4 Å². The highest BCUT2D eigenvalue weighted by molar-refractivity contribution is 8.14. The van der Waals surface area contributed by atoms with Crippen molar-refractivity contribution in [2.24, 2.45) is 4.99 Å². The average Bonchev–Trinajstić information content (AvgIpc) is 3.47. The van der Waals surface area contributed by atoms with Gasteiger partial charge in [-0.3, -0.25) is 14.5 Å².